The minimum atomic E-state index is -0.519. The Morgan fingerprint density at radius 1 is 1.30 bits per heavy atom. The largest absolute Gasteiger partial charge is 0.460 e. The predicted molar refractivity (Wildman–Crippen MR) is 81.8 cm³/mol. The number of benzene rings is 1. The van der Waals surface area contributed by atoms with E-state index >= 15 is 0 Å². The predicted octanol–water partition coefficient (Wildman–Crippen LogP) is 3.41. The summed E-state index contributed by atoms with van der Waals surface area (Å²) < 4.78 is 17.6. The van der Waals surface area contributed by atoms with Crippen LogP contribution in [0.3, 0.4) is 0 Å². The Balaban J connectivity index is 1.99. The smallest absolute Gasteiger partial charge is 0.376 e. The van der Waals surface area contributed by atoms with Crippen molar-refractivity contribution in [2.75, 3.05) is 6.61 Å². The molecule has 7 nitrogen and oxygen atoms in total. The average Bonchev–Trinajstić information content (AvgIpc) is 3.05. The fraction of sp³-hybridized carbons (Fsp3) is 0.312. The summed E-state index contributed by atoms with van der Waals surface area (Å²) >= 11 is 0. The molecule has 0 atom stereocenters. The third-order valence-corrected chi connectivity index (χ3v) is 3.17. The van der Waals surface area contributed by atoms with Crippen molar-refractivity contribution in [2.45, 2.75) is 26.7 Å². The van der Waals surface area contributed by atoms with E-state index in [1.165, 1.54) is 4.52 Å². The van der Waals surface area contributed by atoms with E-state index in [1.807, 2.05) is 32.0 Å². The number of hydrogen-bond acceptors (Lipinski definition) is 6. The SMILES string of the molecule is CCOC(=O)c1oc2nc(Oc3ccccc3)nn2c1C(C)C. The molecular formula is C16H17N3O4. The van der Waals surface area contributed by atoms with Gasteiger partial charge in [0.2, 0.25) is 5.76 Å². The number of para-hydroxylation sites is 1. The Bertz CT molecular complexity index is 821. The standard InChI is InChI=1S/C16H17N3O4/c1-4-21-14(20)13-12(10(2)3)19-16(23-13)17-15(18-19)22-11-8-6-5-7-9-11/h5-10H,4H2,1-3H3. The Hall–Kier alpha value is -2.83. The molecule has 120 valence electrons. The Kier molecular flexibility index (Phi) is 4.01. The van der Waals surface area contributed by atoms with Crippen molar-refractivity contribution in [3.05, 3.63) is 41.8 Å². The van der Waals surface area contributed by atoms with Crippen molar-refractivity contribution in [1.29, 1.82) is 0 Å². The number of carbonyl (C=O) groups excluding carboxylic acids is 1. The normalized spacial score (nSPS) is 11.1. The van der Waals surface area contributed by atoms with Crippen LogP contribution >= 0.6 is 0 Å². The molecule has 0 amide bonds. The van der Waals surface area contributed by atoms with E-state index in [9.17, 15) is 4.79 Å². The monoisotopic (exact) mass is 315 g/mol. The topological polar surface area (TPSA) is 78.9 Å². The van der Waals surface area contributed by atoms with Crippen LogP contribution in [0, 0.1) is 0 Å². The molecule has 3 aromatic rings. The number of fused-ring (bicyclic) bond motifs is 1. The summed E-state index contributed by atoms with van der Waals surface area (Å²) in [7, 11) is 0. The second-order valence-corrected chi connectivity index (χ2v) is 5.20. The first kappa shape index (κ1) is 15.1. The molecule has 0 N–H and O–H groups in total. The number of ether oxygens (including phenoxy) is 2. The quantitative estimate of drug-likeness (QED) is 0.671. The van der Waals surface area contributed by atoms with Gasteiger partial charge in [0, 0.05) is 0 Å². The van der Waals surface area contributed by atoms with E-state index in [-0.39, 0.29) is 30.1 Å². The summed E-state index contributed by atoms with van der Waals surface area (Å²) in [5, 5.41) is 4.27. The van der Waals surface area contributed by atoms with Crippen molar-refractivity contribution in [3.63, 3.8) is 0 Å². The minimum Gasteiger partial charge on any atom is -0.460 e. The maximum absolute atomic E-state index is 12.0. The first-order chi connectivity index (χ1) is 11.1. The fourth-order valence-electron chi connectivity index (χ4n) is 2.23. The number of esters is 1. The third-order valence-electron chi connectivity index (χ3n) is 3.17. The van der Waals surface area contributed by atoms with Gasteiger partial charge in [-0.15, -0.1) is 10.1 Å². The van der Waals surface area contributed by atoms with Gasteiger partial charge < -0.3 is 13.9 Å². The van der Waals surface area contributed by atoms with Crippen molar-refractivity contribution >= 4 is 11.8 Å². The van der Waals surface area contributed by atoms with E-state index in [2.05, 4.69) is 10.1 Å². The summed E-state index contributed by atoms with van der Waals surface area (Å²) in [5.41, 5.74) is 0.605. The van der Waals surface area contributed by atoms with E-state index in [0.717, 1.165) is 0 Å². The molecule has 0 radical (unpaired) electrons. The summed E-state index contributed by atoms with van der Waals surface area (Å²) in [6.07, 6.45) is 0. The number of hydrogen-bond donors (Lipinski definition) is 0. The van der Waals surface area contributed by atoms with Gasteiger partial charge in [-0.25, -0.2) is 4.79 Å². The molecular weight excluding hydrogens is 298 g/mol. The van der Waals surface area contributed by atoms with Crippen LogP contribution < -0.4 is 4.74 Å². The molecule has 0 unspecified atom stereocenters. The maximum atomic E-state index is 12.0. The molecule has 0 fully saturated rings. The van der Waals surface area contributed by atoms with Gasteiger partial charge in [-0.3, -0.25) is 0 Å². The number of aromatic nitrogens is 3. The second kappa shape index (κ2) is 6.12. The molecule has 0 bridgehead atoms. The van der Waals surface area contributed by atoms with E-state index in [1.54, 1.807) is 19.1 Å². The van der Waals surface area contributed by atoms with Crippen LogP contribution in [-0.4, -0.2) is 27.2 Å². The number of nitrogens with zero attached hydrogens (tertiary/aromatic N) is 3. The summed E-state index contributed by atoms with van der Waals surface area (Å²) in [4.78, 5) is 16.2. The fourth-order valence-corrected chi connectivity index (χ4v) is 2.23. The molecule has 0 aliphatic rings. The lowest BCUT2D eigenvalue weighted by Crippen LogP contribution is -2.09. The highest BCUT2D eigenvalue weighted by atomic mass is 16.5. The molecule has 0 saturated carbocycles. The number of rotatable bonds is 5. The molecule has 0 saturated heterocycles. The summed E-state index contributed by atoms with van der Waals surface area (Å²) in [6, 6.07) is 9.36. The first-order valence-electron chi connectivity index (χ1n) is 7.39. The highest BCUT2D eigenvalue weighted by Gasteiger charge is 2.27. The molecule has 23 heavy (non-hydrogen) atoms. The molecule has 0 aliphatic carbocycles. The van der Waals surface area contributed by atoms with Crippen LogP contribution in [0.4, 0.5) is 0 Å². The van der Waals surface area contributed by atoms with Crippen molar-refractivity contribution in [1.82, 2.24) is 14.6 Å². The Morgan fingerprint density at radius 3 is 2.70 bits per heavy atom. The van der Waals surface area contributed by atoms with Gasteiger partial charge in [-0.1, -0.05) is 32.0 Å². The van der Waals surface area contributed by atoms with Crippen molar-refractivity contribution < 1.29 is 18.7 Å². The number of oxazole rings is 1. The van der Waals surface area contributed by atoms with Crippen LogP contribution in [0.5, 0.6) is 11.8 Å². The number of carbonyl (C=O) groups is 1. The van der Waals surface area contributed by atoms with Gasteiger partial charge in [-0.05, 0) is 25.0 Å². The molecule has 3 rings (SSSR count). The summed E-state index contributed by atoms with van der Waals surface area (Å²) in [6.45, 7) is 5.89. The van der Waals surface area contributed by atoms with Crippen molar-refractivity contribution in [2.24, 2.45) is 0 Å². The molecule has 1 aromatic carbocycles. The third kappa shape index (κ3) is 2.90. The zero-order valence-corrected chi connectivity index (χ0v) is 13.1. The highest BCUT2D eigenvalue weighted by Crippen LogP contribution is 2.26. The zero-order chi connectivity index (χ0) is 16.4. The Morgan fingerprint density at radius 2 is 2.04 bits per heavy atom. The van der Waals surface area contributed by atoms with Gasteiger partial charge >= 0.3 is 17.8 Å². The molecule has 0 spiro atoms. The van der Waals surface area contributed by atoms with Crippen LogP contribution in [0.25, 0.3) is 5.84 Å². The van der Waals surface area contributed by atoms with Crippen LogP contribution in [0.1, 0.15) is 42.9 Å². The van der Waals surface area contributed by atoms with Gasteiger partial charge in [0.15, 0.2) is 0 Å². The minimum absolute atomic E-state index is 0.00179. The average molecular weight is 315 g/mol. The lowest BCUT2D eigenvalue weighted by Gasteiger charge is -2.05. The van der Waals surface area contributed by atoms with Gasteiger partial charge in [0.1, 0.15) is 11.4 Å². The van der Waals surface area contributed by atoms with Crippen LogP contribution in [0.2, 0.25) is 0 Å². The lowest BCUT2D eigenvalue weighted by atomic mass is 10.1. The van der Waals surface area contributed by atoms with E-state index < -0.39 is 5.97 Å². The van der Waals surface area contributed by atoms with Crippen LogP contribution in [0.15, 0.2) is 34.7 Å². The summed E-state index contributed by atoms with van der Waals surface area (Å²) in [5.74, 6) is 0.430. The molecule has 7 heteroatoms. The van der Waals surface area contributed by atoms with Gasteiger partial charge in [0.05, 0.1) is 6.61 Å². The van der Waals surface area contributed by atoms with E-state index in [4.69, 9.17) is 13.9 Å². The highest BCUT2D eigenvalue weighted by molar-refractivity contribution is 5.88. The second-order valence-electron chi connectivity index (χ2n) is 5.20. The lowest BCUT2D eigenvalue weighted by molar-refractivity contribution is 0.0489. The van der Waals surface area contributed by atoms with Crippen LogP contribution in [-0.2, 0) is 4.74 Å². The molecule has 0 aliphatic heterocycles. The van der Waals surface area contributed by atoms with Gasteiger partial charge in [0.25, 0.3) is 0 Å². The Labute approximate surface area is 132 Å². The van der Waals surface area contributed by atoms with Gasteiger partial charge in [-0.2, -0.15) is 4.52 Å². The first-order valence-corrected chi connectivity index (χ1v) is 7.39. The van der Waals surface area contributed by atoms with Crippen molar-refractivity contribution in [3.8, 4) is 11.8 Å². The molecule has 2 heterocycles. The maximum Gasteiger partial charge on any atom is 0.376 e. The molecule has 2 aromatic heterocycles. The van der Waals surface area contributed by atoms with E-state index in [0.29, 0.717) is 11.4 Å². The zero-order valence-electron chi connectivity index (χ0n) is 13.1.